The largest absolute Gasteiger partial charge is 0.495 e. The molecule has 2 rings (SSSR count). The molecule has 86 valence electrons. The van der Waals surface area contributed by atoms with Crippen LogP contribution in [0.25, 0.3) is 0 Å². The molecule has 1 aliphatic heterocycles. The molecule has 1 fully saturated rings. The molecule has 1 aromatic carbocycles. The van der Waals surface area contributed by atoms with E-state index in [0.717, 1.165) is 6.42 Å². The number of carbonyl (C=O) groups excluding carboxylic acids is 1. The highest BCUT2D eigenvalue weighted by atomic mass is 35.5. The number of hydrogen-bond donors (Lipinski definition) is 0. The van der Waals surface area contributed by atoms with Crippen molar-refractivity contribution in [1.82, 2.24) is 0 Å². The van der Waals surface area contributed by atoms with E-state index in [1.165, 1.54) is 7.11 Å². The molecule has 0 bridgehead atoms. The van der Waals surface area contributed by atoms with Gasteiger partial charge >= 0.3 is 0 Å². The van der Waals surface area contributed by atoms with Crippen molar-refractivity contribution in [1.29, 1.82) is 0 Å². The van der Waals surface area contributed by atoms with Crippen molar-refractivity contribution in [3.8, 4) is 5.75 Å². The molecular weight excluding hydrogens is 249 g/mol. The molecule has 5 heteroatoms. The van der Waals surface area contributed by atoms with E-state index in [0.29, 0.717) is 34.4 Å². The second-order valence-corrected chi connectivity index (χ2v) is 4.40. The fraction of sp³-hybridized carbons (Fsp3) is 0.364. The highest BCUT2D eigenvalue weighted by molar-refractivity contribution is 6.37. The number of benzene rings is 1. The van der Waals surface area contributed by atoms with Crippen molar-refractivity contribution in [2.75, 3.05) is 18.6 Å². The van der Waals surface area contributed by atoms with Crippen LogP contribution in [0, 0.1) is 0 Å². The molecule has 0 atom stereocenters. The fourth-order valence-corrected chi connectivity index (χ4v) is 2.35. The van der Waals surface area contributed by atoms with Crippen LogP contribution >= 0.6 is 23.2 Å². The number of nitrogens with zero attached hydrogens (tertiary/aromatic N) is 1. The molecular formula is C11H11Cl2NO2. The topological polar surface area (TPSA) is 29.5 Å². The first-order valence-corrected chi connectivity index (χ1v) is 5.72. The number of ether oxygens (including phenoxy) is 1. The fourth-order valence-electron chi connectivity index (χ4n) is 1.78. The van der Waals surface area contributed by atoms with Crippen LogP contribution in [-0.4, -0.2) is 19.6 Å². The van der Waals surface area contributed by atoms with E-state index < -0.39 is 0 Å². The molecule has 3 nitrogen and oxygen atoms in total. The lowest BCUT2D eigenvalue weighted by molar-refractivity contribution is -0.117. The first-order chi connectivity index (χ1) is 7.63. The van der Waals surface area contributed by atoms with Gasteiger partial charge in [0.15, 0.2) is 0 Å². The molecule has 0 aromatic heterocycles. The van der Waals surface area contributed by atoms with Crippen molar-refractivity contribution in [3.63, 3.8) is 0 Å². The Labute approximate surface area is 104 Å². The molecule has 0 spiro atoms. The minimum Gasteiger partial charge on any atom is -0.495 e. The summed E-state index contributed by atoms with van der Waals surface area (Å²) < 4.78 is 5.11. The maximum absolute atomic E-state index is 11.6. The molecule has 1 aromatic rings. The Morgan fingerprint density at radius 3 is 2.62 bits per heavy atom. The van der Waals surface area contributed by atoms with Gasteiger partial charge in [-0.2, -0.15) is 0 Å². The van der Waals surface area contributed by atoms with Crippen LogP contribution in [0.2, 0.25) is 10.0 Å². The van der Waals surface area contributed by atoms with Crippen LogP contribution in [0.4, 0.5) is 5.69 Å². The first-order valence-electron chi connectivity index (χ1n) is 4.97. The third-order valence-corrected chi connectivity index (χ3v) is 3.18. The Bertz CT molecular complexity index is 434. The van der Waals surface area contributed by atoms with Crippen molar-refractivity contribution in [3.05, 3.63) is 22.2 Å². The standard InChI is InChI=1S/C11H11Cl2NO2/c1-16-10-6-9(7(12)5-8(10)13)14-4-2-3-11(14)15/h5-6H,2-4H2,1H3. The molecule has 0 radical (unpaired) electrons. The van der Waals surface area contributed by atoms with Crippen LogP contribution in [0.5, 0.6) is 5.75 Å². The number of carbonyl (C=O) groups is 1. The van der Waals surface area contributed by atoms with E-state index in [4.69, 9.17) is 27.9 Å². The van der Waals surface area contributed by atoms with Gasteiger partial charge < -0.3 is 9.64 Å². The van der Waals surface area contributed by atoms with E-state index in [-0.39, 0.29) is 5.91 Å². The summed E-state index contributed by atoms with van der Waals surface area (Å²) in [4.78, 5) is 13.3. The van der Waals surface area contributed by atoms with Crippen LogP contribution in [0.15, 0.2) is 12.1 Å². The van der Waals surface area contributed by atoms with Gasteiger partial charge in [-0.15, -0.1) is 0 Å². The monoisotopic (exact) mass is 259 g/mol. The first kappa shape index (κ1) is 11.6. The molecule has 1 aliphatic rings. The summed E-state index contributed by atoms with van der Waals surface area (Å²) in [5.74, 6) is 0.618. The Morgan fingerprint density at radius 1 is 1.31 bits per heavy atom. The van der Waals surface area contributed by atoms with Crippen molar-refractivity contribution in [2.45, 2.75) is 12.8 Å². The summed E-state index contributed by atoms with van der Waals surface area (Å²) in [6, 6.07) is 3.30. The Hall–Kier alpha value is -0.930. The van der Waals surface area contributed by atoms with Gasteiger partial charge in [-0.3, -0.25) is 4.79 Å². The molecule has 16 heavy (non-hydrogen) atoms. The van der Waals surface area contributed by atoms with Gasteiger partial charge in [-0.1, -0.05) is 23.2 Å². The Balaban J connectivity index is 2.43. The predicted octanol–water partition coefficient (Wildman–Crippen LogP) is 3.13. The highest BCUT2D eigenvalue weighted by Crippen LogP contribution is 2.37. The summed E-state index contributed by atoms with van der Waals surface area (Å²) >= 11 is 12.0. The zero-order chi connectivity index (χ0) is 11.7. The lowest BCUT2D eigenvalue weighted by Crippen LogP contribution is -2.24. The number of halogens is 2. The van der Waals surface area contributed by atoms with E-state index in [2.05, 4.69) is 0 Å². The summed E-state index contributed by atoms with van der Waals surface area (Å²) in [5.41, 5.74) is 0.672. The lowest BCUT2D eigenvalue weighted by Gasteiger charge is -2.18. The maximum Gasteiger partial charge on any atom is 0.227 e. The third-order valence-electron chi connectivity index (χ3n) is 2.59. The zero-order valence-corrected chi connectivity index (χ0v) is 10.3. The molecule has 0 aliphatic carbocycles. The molecule has 0 unspecified atom stereocenters. The van der Waals surface area contributed by atoms with Gasteiger partial charge in [0.05, 0.1) is 22.8 Å². The average molecular weight is 260 g/mol. The van der Waals surface area contributed by atoms with Gasteiger partial charge in [-0.25, -0.2) is 0 Å². The predicted molar refractivity (Wildman–Crippen MR) is 64.6 cm³/mol. The summed E-state index contributed by atoms with van der Waals surface area (Å²) in [5, 5.41) is 0.920. The lowest BCUT2D eigenvalue weighted by atomic mass is 10.2. The SMILES string of the molecule is COc1cc(N2CCCC2=O)c(Cl)cc1Cl. The second kappa shape index (κ2) is 4.52. The van der Waals surface area contributed by atoms with Gasteiger partial charge in [0.2, 0.25) is 5.91 Å². The van der Waals surface area contributed by atoms with Crippen LogP contribution < -0.4 is 9.64 Å². The average Bonchev–Trinajstić information content (AvgIpc) is 2.65. The van der Waals surface area contributed by atoms with Crippen molar-refractivity contribution >= 4 is 34.8 Å². The highest BCUT2D eigenvalue weighted by Gasteiger charge is 2.24. The molecule has 0 saturated carbocycles. The normalized spacial score (nSPS) is 15.7. The number of hydrogen-bond acceptors (Lipinski definition) is 2. The van der Waals surface area contributed by atoms with Crippen molar-refractivity contribution in [2.24, 2.45) is 0 Å². The number of methoxy groups -OCH3 is 1. The minimum absolute atomic E-state index is 0.0891. The van der Waals surface area contributed by atoms with Crippen LogP contribution in [-0.2, 0) is 4.79 Å². The Morgan fingerprint density at radius 2 is 2.06 bits per heavy atom. The van der Waals surface area contributed by atoms with Crippen LogP contribution in [0.1, 0.15) is 12.8 Å². The minimum atomic E-state index is 0.0891. The number of rotatable bonds is 2. The molecule has 1 amide bonds. The summed E-state index contributed by atoms with van der Waals surface area (Å²) in [6.07, 6.45) is 1.43. The van der Waals surface area contributed by atoms with E-state index in [1.807, 2.05) is 0 Å². The van der Waals surface area contributed by atoms with Gasteiger partial charge in [0.1, 0.15) is 5.75 Å². The van der Waals surface area contributed by atoms with Crippen LogP contribution in [0.3, 0.4) is 0 Å². The smallest absolute Gasteiger partial charge is 0.227 e. The number of amides is 1. The third kappa shape index (κ3) is 1.97. The van der Waals surface area contributed by atoms with Gasteiger partial charge in [-0.05, 0) is 12.5 Å². The number of anilines is 1. The van der Waals surface area contributed by atoms with E-state index >= 15 is 0 Å². The van der Waals surface area contributed by atoms with Gasteiger partial charge in [0.25, 0.3) is 0 Å². The summed E-state index contributed by atoms with van der Waals surface area (Å²) in [6.45, 7) is 0.698. The molecule has 1 heterocycles. The van der Waals surface area contributed by atoms with E-state index in [1.54, 1.807) is 17.0 Å². The maximum atomic E-state index is 11.6. The second-order valence-electron chi connectivity index (χ2n) is 3.59. The Kier molecular flexibility index (Phi) is 3.26. The van der Waals surface area contributed by atoms with Gasteiger partial charge in [0, 0.05) is 19.0 Å². The zero-order valence-electron chi connectivity index (χ0n) is 8.80. The van der Waals surface area contributed by atoms with Crippen molar-refractivity contribution < 1.29 is 9.53 Å². The summed E-state index contributed by atoms with van der Waals surface area (Å²) in [7, 11) is 1.53. The van der Waals surface area contributed by atoms with E-state index in [9.17, 15) is 4.79 Å². The molecule has 1 saturated heterocycles. The quantitative estimate of drug-likeness (QED) is 0.817. The molecule has 0 N–H and O–H groups in total.